The minimum absolute atomic E-state index is 0.207. The van der Waals surface area contributed by atoms with Gasteiger partial charge in [-0.25, -0.2) is 0 Å². The van der Waals surface area contributed by atoms with Crippen molar-refractivity contribution in [3.8, 4) is 12.3 Å². The van der Waals surface area contributed by atoms with Crippen molar-refractivity contribution in [2.24, 2.45) is 5.92 Å². The van der Waals surface area contributed by atoms with Gasteiger partial charge in [0.15, 0.2) is 0 Å². The van der Waals surface area contributed by atoms with Gasteiger partial charge in [-0.1, -0.05) is 12.5 Å². The molecule has 25 heavy (non-hydrogen) atoms. The van der Waals surface area contributed by atoms with Gasteiger partial charge in [-0.3, -0.25) is 9.59 Å². The fraction of sp³-hybridized carbons (Fsp3) is 0.400. The standard InChI is InChI=1S/C20H24N2O3/c1-4-17(14-15-10-12-25-13-11-15)21-20(24)16-6-8-18(9-7-16)22(3)19(23)5-2/h1,5-9,15,17H,2,10-14H2,3H3,(H,21,24). The second kappa shape index (κ2) is 9.05. The van der Waals surface area contributed by atoms with Gasteiger partial charge >= 0.3 is 0 Å². The van der Waals surface area contributed by atoms with Crippen LogP contribution in [-0.2, 0) is 9.53 Å². The first-order valence-corrected chi connectivity index (χ1v) is 8.40. The van der Waals surface area contributed by atoms with Crippen molar-refractivity contribution in [1.82, 2.24) is 5.32 Å². The summed E-state index contributed by atoms with van der Waals surface area (Å²) in [6.07, 6.45) is 9.55. The highest BCUT2D eigenvalue weighted by molar-refractivity contribution is 6.01. The summed E-state index contributed by atoms with van der Waals surface area (Å²) in [7, 11) is 1.65. The number of nitrogens with zero attached hydrogens (tertiary/aromatic N) is 1. The lowest BCUT2D eigenvalue weighted by atomic mass is 9.92. The minimum atomic E-state index is -0.291. The van der Waals surface area contributed by atoms with Gasteiger partial charge in [0.2, 0.25) is 5.91 Å². The third-order valence-electron chi connectivity index (χ3n) is 4.44. The second-order valence-electron chi connectivity index (χ2n) is 6.13. The van der Waals surface area contributed by atoms with Crippen molar-refractivity contribution in [3.63, 3.8) is 0 Å². The van der Waals surface area contributed by atoms with Crippen molar-refractivity contribution < 1.29 is 14.3 Å². The van der Waals surface area contributed by atoms with Crippen molar-refractivity contribution in [2.75, 3.05) is 25.2 Å². The minimum Gasteiger partial charge on any atom is -0.381 e. The van der Waals surface area contributed by atoms with Crippen LogP contribution in [0.4, 0.5) is 5.69 Å². The molecule has 0 aliphatic carbocycles. The Morgan fingerprint density at radius 1 is 1.40 bits per heavy atom. The quantitative estimate of drug-likeness (QED) is 0.639. The predicted molar refractivity (Wildman–Crippen MR) is 98.3 cm³/mol. The monoisotopic (exact) mass is 340 g/mol. The Morgan fingerprint density at radius 3 is 2.60 bits per heavy atom. The van der Waals surface area contributed by atoms with E-state index in [1.54, 1.807) is 31.3 Å². The van der Waals surface area contributed by atoms with Crippen LogP contribution >= 0.6 is 0 Å². The first-order valence-electron chi connectivity index (χ1n) is 8.40. The Bertz CT molecular complexity index is 655. The molecule has 1 atom stereocenters. The van der Waals surface area contributed by atoms with Crippen LogP contribution in [0, 0.1) is 18.3 Å². The molecule has 0 spiro atoms. The molecule has 1 aliphatic heterocycles. The van der Waals surface area contributed by atoms with Crippen LogP contribution in [0.1, 0.15) is 29.6 Å². The van der Waals surface area contributed by atoms with E-state index in [9.17, 15) is 9.59 Å². The van der Waals surface area contributed by atoms with E-state index < -0.39 is 0 Å². The average molecular weight is 340 g/mol. The van der Waals surface area contributed by atoms with Gasteiger partial charge in [0.25, 0.3) is 5.91 Å². The number of hydrogen-bond donors (Lipinski definition) is 1. The first kappa shape index (κ1) is 18.8. The van der Waals surface area contributed by atoms with Crippen LogP contribution in [0.25, 0.3) is 0 Å². The number of anilines is 1. The molecule has 1 fully saturated rings. The number of carbonyl (C=O) groups excluding carboxylic acids is 2. The Kier molecular flexibility index (Phi) is 6.79. The fourth-order valence-corrected chi connectivity index (χ4v) is 2.83. The molecular formula is C20H24N2O3. The zero-order valence-corrected chi connectivity index (χ0v) is 14.5. The highest BCUT2D eigenvalue weighted by Crippen LogP contribution is 2.20. The van der Waals surface area contributed by atoms with E-state index >= 15 is 0 Å². The summed E-state index contributed by atoms with van der Waals surface area (Å²) in [6, 6.07) is 6.51. The Balaban J connectivity index is 1.95. The summed E-state index contributed by atoms with van der Waals surface area (Å²) in [4.78, 5) is 25.5. The van der Waals surface area contributed by atoms with E-state index in [1.807, 2.05) is 0 Å². The van der Waals surface area contributed by atoms with Crippen LogP contribution in [-0.4, -0.2) is 38.1 Å². The molecule has 5 heteroatoms. The average Bonchev–Trinajstić information content (AvgIpc) is 2.67. The van der Waals surface area contributed by atoms with Crippen LogP contribution in [0.2, 0.25) is 0 Å². The summed E-state index contributed by atoms with van der Waals surface area (Å²) < 4.78 is 5.35. The van der Waals surface area contributed by atoms with E-state index in [0.29, 0.717) is 17.2 Å². The normalized spacial score (nSPS) is 15.7. The molecule has 5 nitrogen and oxygen atoms in total. The van der Waals surface area contributed by atoms with E-state index in [2.05, 4.69) is 17.8 Å². The van der Waals surface area contributed by atoms with Gasteiger partial charge in [-0.15, -0.1) is 6.42 Å². The number of amides is 2. The molecule has 0 bridgehead atoms. The molecule has 0 aromatic heterocycles. The molecule has 1 aliphatic rings. The maximum absolute atomic E-state index is 12.4. The van der Waals surface area contributed by atoms with Gasteiger partial charge in [0.05, 0.1) is 6.04 Å². The molecule has 1 aromatic rings. The zero-order valence-electron chi connectivity index (χ0n) is 14.5. The lowest BCUT2D eigenvalue weighted by Crippen LogP contribution is -2.36. The molecule has 1 heterocycles. The highest BCUT2D eigenvalue weighted by Gasteiger charge is 2.20. The van der Waals surface area contributed by atoms with Crippen LogP contribution in [0.3, 0.4) is 0 Å². The number of rotatable bonds is 6. The number of terminal acetylenes is 1. The topological polar surface area (TPSA) is 58.6 Å². The second-order valence-corrected chi connectivity index (χ2v) is 6.13. The van der Waals surface area contributed by atoms with Gasteiger partial charge < -0.3 is 15.0 Å². The number of hydrogen-bond acceptors (Lipinski definition) is 3. The Morgan fingerprint density at radius 2 is 2.04 bits per heavy atom. The van der Waals surface area contributed by atoms with Gasteiger partial charge in [-0.2, -0.15) is 0 Å². The summed E-state index contributed by atoms with van der Waals surface area (Å²) in [5.74, 6) is 2.73. The summed E-state index contributed by atoms with van der Waals surface area (Å²) in [5, 5.41) is 2.90. The van der Waals surface area contributed by atoms with Gasteiger partial charge in [0.1, 0.15) is 0 Å². The van der Waals surface area contributed by atoms with E-state index in [-0.39, 0.29) is 17.9 Å². The molecule has 1 saturated heterocycles. The Hall–Kier alpha value is -2.58. The largest absolute Gasteiger partial charge is 0.381 e. The maximum atomic E-state index is 12.4. The molecule has 132 valence electrons. The summed E-state index contributed by atoms with van der Waals surface area (Å²) in [6.45, 7) is 4.98. The lowest BCUT2D eigenvalue weighted by molar-refractivity contribution is -0.113. The molecule has 1 unspecified atom stereocenters. The van der Waals surface area contributed by atoms with Crippen LogP contribution < -0.4 is 10.2 Å². The van der Waals surface area contributed by atoms with Crippen molar-refractivity contribution in [1.29, 1.82) is 0 Å². The van der Waals surface area contributed by atoms with E-state index in [1.165, 1.54) is 11.0 Å². The van der Waals surface area contributed by atoms with E-state index in [0.717, 1.165) is 32.5 Å². The number of benzene rings is 1. The molecule has 0 saturated carbocycles. The maximum Gasteiger partial charge on any atom is 0.252 e. The molecule has 2 rings (SSSR count). The molecule has 2 amide bonds. The third-order valence-corrected chi connectivity index (χ3v) is 4.44. The highest BCUT2D eigenvalue weighted by atomic mass is 16.5. The van der Waals surface area contributed by atoms with Crippen molar-refractivity contribution >= 4 is 17.5 Å². The number of likely N-dealkylation sites (N-methyl/N-ethyl adjacent to an activating group) is 1. The van der Waals surface area contributed by atoms with Gasteiger partial charge in [0, 0.05) is 31.5 Å². The lowest BCUT2D eigenvalue weighted by Gasteiger charge is -2.25. The van der Waals surface area contributed by atoms with Crippen LogP contribution in [0.15, 0.2) is 36.9 Å². The van der Waals surface area contributed by atoms with Crippen molar-refractivity contribution in [3.05, 3.63) is 42.5 Å². The smallest absolute Gasteiger partial charge is 0.252 e. The number of carbonyl (C=O) groups is 2. The summed E-state index contributed by atoms with van der Waals surface area (Å²) in [5.41, 5.74) is 1.20. The Labute approximate surface area is 149 Å². The van der Waals surface area contributed by atoms with Crippen molar-refractivity contribution in [2.45, 2.75) is 25.3 Å². The predicted octanol–water partition coefficient (Wildman–Crippen LogP) is 2.38. The zero-order chi connectivity index (χ0) is 18.2. The molecular weight excluding hydrogens is 316 g/mol. The molecule has 0 radical (unpaired) electrons. The third kappa shape index (κ3) is 5.20. The molecule has 1 aromatic carbocycles. The van der Waals surface area contributed by atoms with Crippen LogP contribution in [0.5, 0.6) is 0 Å². The fourth-order valence-electron chi connectivity index (χ4n) is 2.83. The van der Waals surface area contributed by atoms with Gasteiger partial charge in [-0.05, 0) is 55.5 Å². The number of nitrogens with one attached hydrogen (secondary N) is 1. The van der Waals surface area contributed by atoms with E-state index in [4.69, 9.17) is 11.2 Å². The first-order chi connectivity index (χ1) is 12.0. The molecule has 1 N–H and O–H groups in total. The SMILES string of the molecule is C#CC(CC1CCOCC1)NC(=O)c1ccc(N(C)C(=O)C=C)cc1. The summed E-state index contributed by atoms with van der Waals surface area (Å²) >= 11 is 0. The number of ether oxygens (including phenoxy) is 1.